The average Bonchev–Trinajstić information content (AvgIpc) is 2.81. The average molecular weight is 388 g/mol. The number of hydrogen-bond acceptors (Lipinski definition) is 4. The van der Waals surface area contributed by atoms with E-state index in [4.69, 9.17) is 4.74 Å². The Morgan fingerprint density at radius 3 is 2.63 bits per heavy atom. The number of benzene rings is 2. The Kier molecular flexibility index (Phi) is 6.22. The summed E-state index contributed by atoms with van der Waals surface area (Å²) < 4.78 is 18.6. The Balaban J connectivity index is 2.17. The summed E-state index contributed by atoms with van der Waals surface area (Å²) in [5, 5.41) is 14.1. The number of hydrogen-bond donors (Lipinski definition) is 2. The summed E-state index contributed by atoms with van der Waals surface area (Å²) in [6.07, 6.45) is 4.07. The van der Waals surface area contributed by atoms with Gasteiger partial charge >= 0.3 is 0 Å². The van der Waals surface area contributed by atoms with Gasteiger partial charge in [-0.15, -0.1) is 0 Å². The van der Waals surface area contributed by atoms with Crippen molar-refractivity contribution in [2.24, 2.45) is 0 Å². The molecule has 1 unspecified atom stereocenters. The summed E-state index contributed by atoms with van der Waals surface area (Å²) in [6, 6.07) is 13.6. The van der Waals surface area contributed by atoms with Crippen molar-refractivity contribution in [1.82, 2.24) is 5.32 Å². The molecule has 0 saturated carbocycles. The highest BCUT2D eigenvalue weighted by Gasteiger charge is 2.38. The third-order valence-corrected chi connectivity index (χ3v) is 7.20. The second-order valence-corrected chi connectivity index (χ2v) is 8.70. The molecule has 3 atom stereocenters. The van der Waals surface area contributed by atoms with E-state index in [2.05, 4.69) is 31.3 Å². The van der Waals surface area contributed by atoms with E-state index in [1.807, 2.05) is 24.3 Å². The van der Waals surface area contributed by atoms with Crippen LogP contribution in [0.5, 0.6) is 11.5 Å². The fraction of sp³-hybridized carbons (Fsp3) is 0.455. The Morgan fingerprint density at radius 1 is 1.26 bits per heavy atom. The van der Waals surface area contributed by atoms with Gasteiger partial charge < -0.3 is 9.84 Å². The van der Waals surface area contributed by atoms with Gasteiger partial charge in [-0.05, 0) is 30.0 Å². The normalized spacial score (nSPS) is 24.9. The van der Waals surface area contributed by atoms with Crippen molar-refractivity contribution < 1.29 is 14.1 Å². The number of phenolic OH excluding ortho intramolecular Hbond substituents is 1. The van der Waals surface area contributed by atoms with Crippen LogP contribution in [0.3, 0.4) is 0 Å². The lowest BCUT2D eigenvalue weighted by molar-refractivity contribution is 0.296. The number of phenols is 1. The van der Waals surface area contributed by atoms with Gasteiger partial charge in [-0.1, -0.05) is 57.0 Å². The molecule has 1 heterocycles. The zero-order chi connectivity index (χ0) is 19.4. The fourth-order valence-electron chi connectivity index (χ4n) is 3.85. The van der Waals surface area contributed by atoms with Gasteiger partial charge in [0.05, 0.1) is 24.0 Å². The van der Waals surface area contributed by atoms with Gasteiger partial charge in [-0.2, -0.15) is 0 Å². The Labute approximate surface area is 164 Å². The number of rotatable bonds is 6. The molecule has 2 aromatic rings. The van der Waals surface area contributed by atoms with E-state index in [0.717, 1.165) is 36.8 Å². The van der Waals surface area contributed by atoms with Gasteiger partial charge in [0.2, 0.25) is 0 Å². The Bertz CT molecular complexity index is 809. The maximum Gasteiger partial charge on any atom is 0.160 e. The number of fused-ring (bicyclic) bond motifs is 1. The lowest BCUT2D eigenvalue weighted by Gasteiger charge is -2.36. The van der Waals surface area contributed by atoms with E-state index in [1.54, 1.807) is 6.07 Å². The summed E-state index contributed by atoms with van der Waals surface area (Å²) >= 11 is 0. The minimum Gasteiger partial charge on any atom is -0.504 e. The second-order valence-electron chi connectivity index (χ2n) is 7.28. The zero-order valence-electron chi connectivity index (χ0n) is 16.3. The van der Waals surface area contributed by atoms with Crippen LogP contribution in [0.2, 0.25) is 0 Å². The molecular weight excluding hydrogens is 358 g/mol. The molecule has 0 bridgehead atoms. The van der Waals surface area contributed by atoms with Crippen molar-refractivity contribution in [1.29, 1.82) is 0 Å². The smallest absolute Gasteiger partial charge is 0.160 e. The summed E-state index contributed by atoms with van der Waals surface area (Å²) in [6.45, 7) is 4.35. The zero-order valence-corrected chi connectivity index (χ0v) is 17.1. The Morgan fingerprint density at radius 2 is 2.00 bits per heavy atom. The molecule has 0 saturated heterocycles. The first kappa shape index (κ1) is 19.9. The highest BCUT2D eigenvalue weighted by atomic mass is 32.2. The largest absolute Gasteiger partial charge is 0.504 e. The molecule has 2 aromatic carbocycles. The van der Waals surface area contributed by atoms with Crippen LogP contribution in [-0.4, -0.2) is 27.7 Å². The first-order chi connectivity index (χ1) is 13.0. The molecule has 0 spiro atoms. The third kappa shape index (κ3) is 4.04. The highest BCUT2D eigenvalue weighted by Crippen LogP contribution is 2.41. The van der Waals surface area contributed by atoms with Gasteiger partial charge in [0.25, 0.3) is 0 Å². The van der Waals surface area contributed by atoms with Crippen molar-refractivity contribution in [3.63, 3.8) is 0 Å². The molecule has 5 heteroatoms. The molecule has 0 fully saturated rings. The van der Waals surface area contributed by atoms with Crippen LogP contribution >= 0.6 is 0 Å². The van der Waals surface area contributed by atoms with Crippen LogP contribution < -0.4 is 10.1 Å². The van der Waals surface area contributed by atoms with E-state index < -0.39 is 10.8 Å². The van der Waals surface area contributed by atoms with Gasteiger partial charge in [-0.25, -0.2) is 0 Å². The number of unbranched alkanes of at least 4 members (excludes halogenated alkanes) is 1. The maximum atomic E-state index is 13.3. The van der Waals surface area contributed by atoms with Gasteiger partial charge in [0.15, 0.2) is 11.5 Å². The van der Waals surface area contributed by atoms with Gasteiger partial charge in [0.1, 0.15) is 0 Å². The van der Waals surface area contributed by atoms with E-state index in [0.29, 0.717) is 16.4 Å². The number of methoxy groups -OCH3 is 1. The number of nitrogens with one attached hydrogen (secondary N) is 1. The van der Waals surface area contributed by atoms with E-state index >= 15 is 0 Å². The van der Waals surface area contributed by atoms with Crippen LogP contribution in [0.1, 0.15) is 56.7 Å². The van der Waals surface area contributed by atoms with Gasteiger partial charge in [-0.3, -0.25) is 9.53 Å². The predicted octanol–water partition coefficient (Wildman–Crippen LogP) is 4.54. The van der Waals surface area contributed by atoms with Crippen molar-refractivity contribution >= 4 is 10.8 Å². The lowest BCUT2D eigenvalue weighted by atomic mass is 9.88. The first-order valence-electron chi connectivity index (χ1n) is 9.65. The maximum absolute atomic E-state index is 13.3. The minimum absolute atomic E-state index is 0.0361. The number of aromatic hydroxyl groups is 1. The minimum atomic E-state index is -1.20. The quantitative estimate of drug-likeness (QED) is 0.764. The van der Waals surface area contributed by atoms with Crippen molar-refractivity contribution in [2.45, 2.75) is 56.0 Å². The Hall–Kier alpha value is -1.85. The summed E-state index contributed by atoms with van der Waals surface area (Å²) in [5.41, 5.74) is 1.84. The molecule has 1 aliphatic heterocycles. The van der Waals surface area contributed by atoms with E-state index in [9.17, 15) is 9.32 Å². The summed E-state index contributed by atoms with van der Waals surface area (Å²) in [7, 11) is 0.341. The third-order valence-electron chi connectivity index (χ3n) is 5.54. The molecule has 1 aliphatic rings. The molecule has 0 amide bonds. The topological polar surface area (TPSA) is 58.6 Å². The molecule has 2 N–H and O–H groups in total. The highest BCUT2D eigenvalue weighted by molar-refractivity contribution is 7.85. The molecule has 27 heavy (non-hydrogen) atoms. The first-order valence-corrected chi connectivity index (χ1v) is 11.0. The molecule has 0 radical (unpaired) electrons. The fourth-order valence-corrected chi connectivity index (χ4v) is 5.63. The molecule has 146 valence electrons. The molecule has 4 nitrogen and oxygen atoms in total. The predicted molar refractivity (Wildman–Crippen MR) is 110 cm³/mol. The van der Waals surface area contributed by atoms with Gasteiger partial charge in [0, 0.05) is 22.3 Å². The summed E-state index contributed by atoms with van der Waals surface area (Å²) in [5.74, 6) is 0.992. The van der Waals surface area contributed by atoms with Crippen LogP contribution in [-0.2, 0) is 10.8 Å². The standard InChI is InChI=1S/C22H29NO3S/c1-4-6-12-22(5-2)15-27(25)20-14-18(24)19(26-3)13-17(20)21(23-22)16-10-8-7-9-11-16/h7-11,13-14,21,23-24H,4-6,12,15H2,1-3H3/t21-,22-,27?/m1/s1. The molecule has 0 aliphatic carbocycles. The van der Waals surface area contributed by atoms with Crippen LogP contribution in [0.15, 0.2) is 47.4 Å². The SMILES string of the molecule is CCCC[C@]1(CC)CS(=O)c2cc(O)c(OC)cc2[C@@H](c2ccccc2)N1. The number of ether oxygens (including phenoxy) is 1. The van der Waals surface area contributed by atoms with E-state index in [1.165, 1.54) is 7.11 Å². The van der Waals surface area contributed by atoms with E-state index in [-0.39, 0.29) is 17.3 Å². The lowest BCUT2D eigenvalue weighted by Crippen LogP contribution is -2.49. The molecule has 0 aromatic heterocycles. The molecule has 3 rings (SSSR count). The van der Waals surface area contributed by atoms with Crippen molar-refractivity contribution in [2.75, 3.05) is 12.9 Å². The summed E-state index contributed by atoms with van der Waals surface area (Å²) in [4.78, 5) is 0.696. The van der Waals surface area contributed by atoms with Crippen LogP contribution in [0, 0.1) is 0 Å². The second kappa shape index (κ2) is 8.44. The van der Waals surface area contributed by atoms with Crippen LogP contribution in [0.25, 0.3) is 0 Å². The van der Waals surface area contributed by atoms with Crippen molar-refractivity contribution in [3.05, 3.63) is 53.6 Å². The monoisotopic (exact) mass is 387 g/mol. The molecular formula is C22H29NO3S. The van der Waals surface area contributed by atoms with Crippen LogP contribution in [0.4, 0.5) is 0 Å². The van der Waals surface area contributed by atoms with Crippen molar-refractivity contribution in [3.8, 4) is 11.5 Å².